The highest BCUT2D eigenvalue weighted by atomic mass is 32.2. The SMILES string of the molecule is COC(=O)C(CSCNC(=O)c1ccccc1)N1CC1C(=O)OC. The van der Waals surface area contributed by atoms with Gasteiger partial charge in [0.2, 0.25) is 0 Å². The highest BCUT2D eigenvalue weighted by Gasteiger charge is 2.48. The lowest BCUT2D eigenvalue weighted by Crippen LogP contribution is -2.36. The predicted octanol–water partition coefficient (Wildman–Crippen LogP) is 0.506. The van der Waals surface area contributed by atoms with Crippen LogP contribution < -0.4 is 5.32 Å². The second-order valence-electron chi connectivity index (χ2n) is 5.16. The van der Waals surface area contributed by atoms with E-state index in [9.17, 15) is 14.4 Å². The first-order valence-corrected chi connectivity index (χ1v) is 8.56. The second kappa shape index (κ2) is 8.70. The Hall–Kier alpha value is -2.06. The number of nitrogens with zero attached hydrogens (tertiary/aromatic N) is 1. The summed E-state index contributed by atoms with van der Waals surface area (Å²) in [6.45, 7) is 0.476. The van der Waals surface area contributed by atoms with Gasteiger partial charge in [-0.25, -0.2) is 0 Å². The fraction of sp³-hybridized carbons (Fsp3) is 0.438. The molecule has 1 heterocycles. The van der Waals surface area contributed by atoms with E-state index >= 15 is 0 Å². The van der Waals surface area contributed by atoms with Crippen LogP contribution in [0.2, 0.25) is 0 Å². The van der Waals surface area contributed by atoms with Crippen molar-refractivity contribution in [1.82, 2.24) is 10.2 Å². The number of rotatable bonds is 8. The zero-order valence-electron chi connectivity index (χ0n) is 13.6. The van der Waals surface area contributed by atoms with Crippen molar-refractivity contribution >= 4 is 29.6 Å². The van der Waals surface area contributed by atoms with E-state index < -0.39 is 18.1 Å². The van der Waals surface area contributed by atoms with Crippen LogP contribution in [0.5, 0.6) is 0 Å². The van der Waals surface area contributed by atoms with Gasteiger partial charge in [-0.1, -0.05) is 18.2 Å². The van der Waals surface area contributed by atoms with Gasteiger partial charge < -0.3 is 14.8 Å². The van der Waals surface area contributed by atoms with Gasteiger partial charge in [0.05, 0.1) is 20.1 Å². The van der Waals surface area contributed by atoms with Gasteiger partial charge in [-0.3, -0.25) is 19.3 Å². The van der Waals surface area contributed by atoms with E-state index in [-0.39, 0.29) is 11.9 Å². The molecular weight excluding hydrogens is 332 g/mol. The van der Waals surface area contributed by atoms with Crippen molar-refractivity contribution in [2.75, 3.05) is 32.4 Å². The number of benzene rings is 1. The van der Waals surface area contributed by atoms with E-state index in [4.69, 9.17) is 4.74 Å². The number of amides is 1. The van der Waals surface area contributed by atoms with Gasteiger partial charge in [0.25, 0.3) is 5.91 Å². The zero-order valence-corrected chi connectivity index (χ0v) is 14.4. The molecule has 1 N–H and O–H groups in total. The maximum atomic E-state index is 11.9. The molecule has 1 aliphatic rings. The summed E-state index contributed by atoms with van der Waals surface area (Å²) >= 11 is 1.39. The molecule has 1 aliphatic heterocycles. The highest BCUT2D eigenvalue weighted by Crippen LogP contribution is 2.25. The molecule has 0 aromatic heterocycles. The third kappa shape index (κ3) is 4.72. The molecule has 0 bridgehead atoms. The average molecular weight is 352 g/mol. The molecule has 0 aliphatic carbocycles. The van der Waals surface area contributed by atoms with Crippen LogP contribution in [0.15, 0.2) is 30.3 Å². The number of nitrogens with one attached hydrogen (secondary N) is 1. The number of carbonyl (C=O) groups excluding carboxylic acids is 3. The fourth-order valence-electron chi connectivity index (χ4n) is 2.26. The van der Waals surface area contributed by atoms with E-state index in [1.807, 2.05) is 6.07 Å². The average Bonchev–Trinajstić information content (AvgIpc) is 3.41. The van der Waals surface area contributed by atoms with Gasteiger partial charge >= 0.3 is 11.9 Å². The Morgan fingerprint density at radius 1 is 1.25 bits per heavy atom. The molecule has 1 aromatic carbocycles. The fourth-order valence-corrected chi connectivity index (χ4v) is 3.16. The molecule has 3 atom stereocenters. The third-order valence-electron chi connectivity index (χ3n) is 3.64. The summed E-state index contributed by atoms with van der Waals surface area (Å²) in [6.07, 6.45) is 0. The lowest BCUT2D eigenvalue weighted by molar-refractivity contribution is -0.145. The van der Waals surface area contributed by atoms with Crippen molar-refractivity contribution in [3.8, 4) is 0 Å². The number of hydrogen-bond donors (Lipinski definition) is 1. The lowest BCUT2D eigenvalue weighted by Gasteiger charge is -2.16. The van der Waals surface area contributed by atoms with Crippen molar-refractivity contribution in [2.24, 2.45) is 0 Å². The smallest absolute Gasteiger partial charge is 0.324 e. The molecule has 0 saturated carbocycles. The van der Waals surface area contributed by atoms with Crippen molar-refractivity contribution < 1.29 is 23.9 Å². The summed E-state index contributed by atoms with van der Waals surface area (Å²) in [5.74, 6) is -0.154. The normalized spacial score (nSPS) is 19.9. The standard InChI is InChI=1S/C16H20N2O5S/c1-22-15(20)12-8-18(12)13(16(21)23-2)9-24-10-17-14(19)11-6-4-3-5-7-11/h3-7,12-13H,8-10H2,1-2H3,(H,17,19). The van der Waals surface area contributed by atoms with Crippen LogP contribution in [0, 0.1) is 0 Å². The molecule has 1 aromatic rings. The monoisotopic (exact) mass is 352 g/mol. The van der Waals surface area contributed by atoms with Gasteiger partial charge in [0.15, 0.2) is 0 Å². The van der Waals surface area contributed by atoms with E-state index in [0.717, 1.165) is 0 Å². The Labute approximate surface area is 144 Å². The quantitative estimate of drug-likeness (QED) is 0.316. The number of carbonyl (C=O) groups is 3. The first-order chi connectivity index (χ1) is 11.6. The van der Waals surface area contributed by atoms with Gasteiger partial charge in [-0.15, -0.1) is 11.8 Å². The second-order valence-corrected chi connectivity index (χ2v) is 6.19. The Bertz CT molecular complexity index is 595. The van der Waals surface area contributed by atoms with Crippen molar-refractivity contribution in [2.45, 2.75) is 12.1 Å². The van der Waals surface area contributed by atoms with E-state index in [2.05, 4.69) is 10.1 Å². The van der Waals surface area contributed by atoms with Crippen molar-refractivity contribution in [1.29, 1.82) is 0 Å². The van der Waals surface area contributed by atoms with Crippen LogP contribution in [0.25, 0.3) is 0 Å². The summed E-state index contributed by atoms with van der Waals surface area (Å²) in [7, 11) is 2.63. The summed E-state index contributed by atoms with van der Waals surface area (Å²) in [4.78, 5) is 37.0. The number of thioether (sulfide) groups is 1. The van der Waals surface area contributed by atoms with Crippen LogP contribution in [0.3, 0.4) is 0 Å². The van der Waals surface area contributed by atoms with E-state index in [1.54, 1.807) is 29.2 Å². The first kappa shape index (κ1) is 18.3. The number of methoxy groups -OCH3 is 2. The summed E-state index contributed by atoms with van der Waals surface area (Å²) in [5.41, 5.74) is 0.583. The minimum absolute atomic E-state index is 0.170. The molecule has 7 nitrogen and oxygen atoms in total. The maximum Gasteiger partial charge on any atom is 0.324 e. The summed E-state index contributed by atoms with van der Waals surface area (Å²) in [6, 6.07) is 7.97. The molecule has 1 amide bonds. The topological polar surface area (TPSA) is 84.7 Å². The molecule has 0 spiro atoms. The van der Waals surface area contributed by atoms with Crippen molar-refractivity contribution in [3.05, 3.63) is 35.9 Å². The summed E-state index contributed by atoms with van der Waals surface area (Å²) in [5, 5.41) is 2.78. The Morgan fingerprint density at radius 2 is 1.96 bits per heavy atom. The van der Waals surface area contributed by atoms with Crippen LogP contribution in [-0.2, 0) is 19.1 Å². The predicted molar refractivity (Wildman–Crippen MR) is 89.5 cm³/mol. The third-order valence-corrected chi connectivity index (χ3v) is 4.54. The Morgan fingerprint density at radius 3 is 2.58 bits per heavy atom. The minimum Gasteiger partial charge on any atom is -0.468 e. The maximum absolute atomic E-state index is 11.9. The molecular formula is C16H20N2O5S. The highest BCUT2D eigenvalue weighted by molar-refractivity contribution is 7.99. The molecule has 1 fully saturated rings. The molecule has 3 unspecified atom stereocenters. The summed E-state index contributed by atoms with van der Waals surface area (Å²) < 4.78 is 9.47. The van der Waals surface area contributed by atoms with Crippen molar-refractivity contribution in [3.63, 3.8) is 0 Å². The molecule has 8 heteroatoms. The minimum atomic E-state index is -0.530. The molecule has 0 radical (unpaired) electrons. The van der Waals surface area contributed by atoms with Gasteiger partial charge in [-0.2, -0.15) is 0 Å². The van der Waals surface area contributed by atoms with Gasteiger partial charge in [-0.05, 0) is 12.1 Å². The van der Waals surface area contributed by atoms with Crippen LogP contribution in [0.1, 0.15) is 10.4 Å². The number of ether oxygens (including phenoxy) is 2. The Kier molecular flexibility index (Phi) is 6.62. The lowest BCUT2D eigenvalue weighted by atomic mass is 10.2. The Balaban J connectivity index is 1.78. The number of hydrogen-bond acceptors (Lipinski definition) is 7. The first-order valence-electron chi connectivity index (χ1n) is 7.41. The molecule has 1 saturated heterocycles. The number of esters is 2. The van der Waals surface area contributed by atoms with Gasteiger partial charge in [0, 0.05) is 17.9 Å². The largest absolute Gasteiger partial charge is 0.468 e. The van der Waals surface area contributed by atoms with Gasteiger partial charge in [0.1, 0.15) is 12.1 Å². The molecule has 24 heavy (non-hydrogen) atoms. The zero-order chi connectivity index (χ0) is 17.5. The van der Waals surface area contributed by atoms with E-state index in [0.29, 0.717) is 23.7 Å². The molecule has 2 rings (SSSR count). The van der Waals surface area contributed by atoms with Crippen LogP contribution >= 0.6 is 11.8 Å². The molecule has 130 valence electrons. The van der Waals surface area contributed by atoms with E-state index in [1.165, 1.54) is 26.0 Å². The van der Waals surface area contributed by atoms with Crippen LogP contribution in [0.4, 0.5) is 0 Å². The van der Waals surface area contributed by atoms with Crippen LogP contribution in [-0.4, -0.2) is 67.2 Å².